The number of nitrogens with zero attached hydrogens (tertiary/aromatic N) is 1. The summed E-state index contributed by atoms with van der Waals surface area (Å²) in [4.78, 5) is 4.22. The minimum Gasteiger partial charge on any atom is -0.437 e. The predicted octanol–water partition coefficient (Wildman–Crippen LogP) is 4.54. The molecule has 0 spiro atoms. The molecule has 1 aromatic heterocycles. The van der Waals surface area contributed by atoms with Gasteiger partial charge in [-0.25, -0.2) is 4.98 Å². The zero-order valence-electron chi connectivity index (χ0n) is 10.8. The van der Waals surface area contributed by atoms with Gasteiger partial charge in [-0.05, 0) is 42.7 Å². The quantitative estimate of drug-likeness (QED) is 0.857. The molecular weight excluding hydrogens is 340 g/mol. The number of aromatic nitrogens is 1. The molecule has 2 aromatic rings. The van der Waals surface area contributed by atoms with Crippen molar-refractivity contribution >= 4 is 27.5 Å². The van der Waals surface area contributed by atoms with Crippen LogP contribution in [0.4, 0.5) is 0 Å². The van der Waals surface area contributed by atoms with Gasteiger partial charge < -0.3 is 10.1 Å². The highest BCUT2D eigenvalue weighted by Crippen LogP contribution is 2.31. The van der Waals surface area contributed by atoms with Gasteiger partial charge in [-0.15, -0.1) is 0 Å². The molecule has 0 aliphatic heterocycles. The van der Waals surface area contributed by atoms with E-state index in [9.17, 15) is 0 Å². The molecule has 1 aliphatic rings. The Morgan fingerprint density at radius 3 is 2.90 bits per heavy atom. The third-order valence-electron chi connectivity index (χ3n) is 3.08. The molecule has 1 saturated carbocycles. The lowest BCUT2D eigenvalue weighted by atomic mass is 10.2. The second-order valence-electron chi connectivity index (χ2n) is 4.83. The van der Waals surface area contributed by atoms with Gasteiger partial charge >= 0.3 is 0 Å². The maximum absolute atomic E-state index is 6.14. The van der Waals surface area contributed by atoms with Crippen LogP contribution < -0.4 is 10.1 Å². The summed E-state index contributed by atoms with van der Waals surface area (Å²) in [6, 6.07) is 10.1. The molecule has 1 heterocycles. The van der Waals surface area contributed by atoms with Crippen LogP contribution in [0.3, 0.4) is 0 Å². The fourth-order valence-electron chi connectivity index (χ4n) is 1.84. The summed E-state index contributed by atoms with van der Waals surface area (Å²) < 4.78 is 6.66. The number of hydrogen-bond donors (Lipinski definition) is 1. The largest absolute Gasteiger partial charge is 0.437 e. The lowest BCUT2D eigenvalue weighted by molar-refractivity contribution is 0.462. The second kappa shape index (κ2) is 6.12. The van der Waals surface area contributed by atoms with E-state index in [1.165, 1.54) is 12.8 Å². The highest BCUT2D eigenvalue weighted by atomic mass is 79.9. The Morgan fingerprint density at radius 1 is 1.30 bits per heavy atom. The van der Waals surface area contributed by atoms with Crippen molar-refractivity contribution in [3.05, 3.63) is 51.6 Å². The Hall–Kier alpha value is -1.10. The number of ether oxygens (including phenoxy) is 1. The lowest BCUT2D eigenvalue weighted by Crippen LogP contribution is -2.15. The molecule has 1 aromatic carbocycles. The van der Waals surface area contributed by atoms with E-state index in [2.05, 4.69) is 26.2 Å². The van der Waals surface area contributed by atoms with Gasteiger partial charge in [0.2, 0.25) is 5.88 Å². The number of hydrogen-bond acceptors (Lipinski definition) is 3. The molecule has 1 N–H and O–H groups in total. The molecule has 0 unspecified atom stereocenters. The molecule has 0 saturated heterocycles. The van der Waals surface area contributed by atoms with Crippen molar-refractivity contribution in [1.82, 2.24) is 10.3 Å². The van der Waals surface area contributed by atoms with Crippen LogP contribution in [0.5, 0.6) is 11.6 Å². The van der Waals surface area contributed by atoms with E-state index < -0.39 is 0 Å². The van der Waals surface area contributed by atoms with Crippen LogP contribution in [-0.4, -0.2) is 11.0 Å². The van der Waals surface area contributed by atoms with Crippen LogP contribution in [0.1, 0.15) is 18.4 Å². The van der Waals surface area contributed by atoms with E-state index in [1.54, 1.807) is 12.3 Å². The fraction of sp³-hybridized carbons (Fsp3) is 0.267. The molecule has 1 aliphatic carbocycles. The SMILES string of the molecule is Clc1cc(Br)ccc1Oc1cc(CNC2CC2)ccn1. The molecule has 3 rings (SSSR count). The van der Waals surface area contributed by atoms with E-state index >= 15 is 0 Å². The highest BCUT2D eigenvalue weighted by Gasteiger charge is 2.19. The summed E-state index contributed by atoms with van der Waals surface area (Å²) in [6.07, 6.45) is 4.32. The van der Waals surface area contributed by atoms with Crippen LogP contribution in [0, 0.1) is 0 Å². The summed E-state index contributed by atoms with van der Waals surface area (Å²) in [6.45, 7) is 0.845. The molecule has 3 nitrogen and oxygen atoms in total. The van der Waals surface area contributed by atoms with Gasteiger partial charge in [0, 0.05) is 29.3 Å². The normalized spacial score (nSPS) is 14.3. The van der Waals surface area contributed by atoms with Crippen molar-refractivity contribution in [2.24, 2.45) is 0 Å². The van der Waals surface area contributed by atoms with Crippen LogP contribution >= 0.6 is 27.5 Å². The van der Waals surface area contributed by atoms with Crippen LogP contribution in [0.2, 0.25) is 5.02 Å². The third-order valence-corrected chi connectivity index (χ3v) is 3.87. The Balaban J connectivity index is 1.70. The summed E-state index contributed by atoms with van der Waals surface area (Å²) >= 11 is 9.50. The first-order valence-corrected chi connectivity index (χ1v) is 7.69. The van der Waals surface area contributed by atoms with E-state index in [4.69, 9.17) is 16.3 Å². The van der Waals surface area contributed by atoms with Crippen LogP contribution in [0.15, 0.2) is 41.0 Å². The van der Waals surface area contributed by atoms with Crippen molar-refractivity contribution in [2.45, 2.75) is 25.4 Å². The van der Waals surface area contributed by atoms with Crippen LogP contribution in [0.25, 0.3) is 0 Å². The Labute approximate surface area is 131 Å². The first-order valence-electron chi connectivity index (χ1n) is 6.52. The van der Waals surface area contributed by atoms with Crippen molar-refractivity contribution in [1.29, 1.82) is 0 Å². The van der Waals surface area contributed by atoms with Gasteiger partial charge in [0.1, 0.15) is 5.75 Å². The Bertz CT molecular complexity index is 617. The average Bonchev–Trinajstić information content (AvgIpc) is 3.24. The molecule has 20 heavy (non-hydrogen) atoms. The smallest absolute Gasteiger partial charge is 0.219 e. The Kier molecular flexibility index (Phi) is 4.24. The van der Waals surface area contributed by atoms with E-state index in [1.807, 2.05) is 24.3 Å². The lowest BCUT2D eigenvalue weighted by Gasteiger charge is -2.08. The van der Waals surface area contributed by atoms with Crippen molar-refractivity contribution in [3.8, 4) is 11.6 Å². The van der Waals surface area contributed by atoms with E-state index in [0.717, 1.165) is 16.6 Å². The number of nitrogens with one attached hydrogen (secondary N) is 1. The molecule has 0 atom stereocenters. The molecule has 5 heteroatoms. The van der Waals surface area contributed by atoms with Crippen molar-refractivity contribution in [3.63, 3.8) is 0 Å². The van der Waals surface area contributed by atoms with Gasteiger partial charge in [0.15, 0.2) is 0 Å². The number of halogens is 2. The predicted molar refractivity (Wildman–Crippen MR) is 83.3 cm³/mol. The van der Waals surface area contributed by atoms with Crippen molar-refractivity contribution in [2.75, 3.05) is 0 Å². The molecule has 0 amide bonds. The second-order valence-corrected chi connectivity index (χ2v) is 6.16. The number of benzene rings is 1. The molecule has 0 radical (unpaired) electrons. The topological polar surface area (TPSA) is 34.1 Å². The Morgan fingerprint density at radius 2 is 2.15 bits per heavy atom. The highest BCUT2D eigenvalue weighted by molar-refractivity contribution is 9.10. The first-order chi connectivity index (χ1) is 9.70. The van der Waals surface area contributed by atoms with Gasteiger partial charge in [-0.2, -0.15) is 0 Å². The minimum atomic E-state index is 0.558. The van der Waals surface area contributed by atoms with Gasteiger partial charge in [-0.3, -0.25) is 0 Å². The number of rotatable bonds is 5. The van der Waals surface area contributed by atoms with Gasteiger partial charge in [0.25, 0.3) is 0 Å². The van der Waals surface area contributed by atoms with E-state index in [0.29, 0.717) is 22.7 Å². The minimum absolute atomic E-state index is 0.558. The van der Waals surface area contributed by atoms with Crippen LogP contribution in [-0.2, 0) is 6.54 Å². The maximum atomic E-state index is 6.14. The van der Waals surface area contributed by atoms with E-state index in [-0.39, 0.29) is 0 Å². The third kappa shape index (κ3) is 3.72. The van der Waals surface area contributed by atoms with Crippen molar-refractivity contribution < 1.29 is 4.74 Å². The zero-order chi connectivity index (χ0) is 13.9. The fourth-order valence-corrected chi connectivity index (χ4v) is 2.55. The number of pyridine rings is 1. The van der Waals surface area contributed by atoms with Gasteiger partial charge in [0.05, 0.1) is 5.02 Å². The molecule has 0 bridgehead atoms. The van der Waals surface area contributed by atoms with Gasteiger partial charge in [-0.1, -0.05) is 27.5 Å². The standard InChI is InChI=1S/C15H14BrClN2O/c16-11-1-4-14(13(17)8-11)20-15-7-10(5-6-18-15)9-19-12-2-3-12/h1,4-8,12,19H,2-3,9H2. The molecular formula is C15H14BrClN2O. The molecule has 104 valence electrons. The summed E-state index contributed by atoms with van der Waals surface area (Å²) in [7, 11) is 0. The first kappa shape index (κ1) is 13.9. The summed E-state index contributed by atoms with van der Waals surface area (Å²) in [5.74, 6) is 1.17. The monoisotopic (exact) mass is 352 g/mol. The zero-order valence-corrected chi connectivity index (χ0v) is 13.1. The maximum Gasteiger partial charge on any atom is 0.219 e. The summed E-state index contributed by atoms with van der Waals surface area (Å²) in [5.41, 5.74) is 1.16. The molecule has 1 fully saturated rings. The average molecular weight is 354 g/mol. The summed E-state index contributed by atoms with van der Waals surface area (Å²) in [5, 5.41) is 4.03.